The highest BCUT2D eigenvalue weighted by atomic mass is 32.2. The minimum absolute atomic E-state index is 0.0173. The van der Waals surface area contributed by atoms with Crippen molar-refractivity contribution in [2.75, 3.05) is 11.5 Å². The van der Waals surface area contributed by atoms with Gasteiger partial charge in [0, 0.05) is 17.9 Å². The number of cyclic esters (lactones) is 1. The maximum Gasteiger partial charge on any atom is 0.311 e. The molecule has 1 heterocycles. The fourth-order valence-electron chi connectivity index (χ4n) is 1.55. The van der Waals surface area contributed by atoms with Crippen LogP contribution in [0, 0.1) is 6.42 Å². The number of hydrogen-bond donors (Lipinski definition) is 0. The van der Waals surface area contributed by atoms with Crippen molar-refractivity contribution in [1.82, 2.24) is 0 Å². The number of carbonyl (C=O) groups is 1. The molecular weight excluding hydrogens is 208 g/mol. The van der Waals surface area contributed by atoms with E-state index in [4.69, 9.17) is 4.74 Å². The van der Waals surface area contributed by atoms with Crippen LogP contribution in [0.15, 0.2) is 30.3 Å². The monoisotopic (exact) mass is 221 g/mol. The normalized spacial score (nSPS) is 21.9. The lowest BCUT2D eigenvalue weighted by molar-refractivity contribution is -0.143. The van der Waals surface area contributed by atoms with Crippen LogP contribution in [-0.2, 0) is 16.0 Å². The second kappa shape index (κ2) is 5.21. The summed E-state index contributed by atoms with van der Waals surface area (Å²) in [7, 11) is 0. The molecule has 2 rings (SSSR count). The highest BCUT2D eigenvalue weighted by Crippen LogP contribution is 2.16. The van der Waals surface area contributed by atoms with E-state index in [1.54, 1.807) is 18.2 Å². The third-order valence-electron chi connectivity index (χ3n) is 2.26. The molecule has 1 fully saturated rings. The van der Waals surface area contributed by atoms with Crippen LogP contribution in [0.3, 0.4) is 0 Å². The van der Waals surface area contributed by atoms with Gasteiger partial charge in [-0.05, 0) is 5.56 Å². The molecular formula is C12H13O2S. The molecule has 0 amide bonds. The van der Waals surface area contributed by atoms with Crippen LogP contribution < -0.4 is 0 Å². The Balaban J connectivity index is 1.96. The second-order valence-electron chi connectivity index (χ2n) is 3.49. The zero-order valence-corrected chi connectivity index (χ0v) is 9.20. The first-order valence-corrected chi connectivity index (χ1v) is 6.15. The van der Waals surface area contributed by atoms with E-state index in [1.807, 2.05) is 18.2 Å². The lowest BCUT2D eigenvalue weighted by atomic mass is 10.1. The van der Waals surface area contributed by atoms with Gasteiger partial charge in [0.05, 0.1) is 6.42 Å². The molecule has 0 aliphatic carbocycles. The van der Waals surface area contributed by atoms with Crippen molar-refractivity contribution in [2.24, 2.45) is 0 Å². The zero-order chi connectivity index (χ0) is 10.5. The van der Waals surface area contributed by atoms with Crippen molar-refractivity contribution in [3.63, 3.8) is 0 Å². The van der Waals surface area contributed by atoms with Crippen LogP contribution in [0.5, 0.6) is 0 Å². The predicted molar refractivity (Wildman–Crippen MR) is 61.7 cm³/mol. The number of carbonyl (C=O) groups excluding carboxylic acids is 1. The first-order valence-electron chi connectivity index (χ1n) is 5.00. The topological polar surface area (TPSA) is 26.3 Å². The zero-order valence-electron chi connectivity index (χ0n) is 8.39. The highest BCUT2D eigenvalue weighted by Gasteiger charge is 2.19. The van der Waals surface area contributed by atoms with Crippen LogP contribution in [-0.4, -0.2) is 23.6 Å². The molecule has 0 N–H and O–H groups in total. The van der Waals surface area contributed by atoms with Crippen LogP contribution in [0.1, 0.15) is 5.56 Å². The number of thioether (sulfide) groups is 1. The van der Waals surface area contributed by atoms with Gasteiger partial charge < -0.3 is 4.74 Å². The van der Waals surface area contributed by atoms with E-state index in [9.17, 15) is 4.79 Å². The third kappa shape index (κ3) is 3.27. The summed E-state index contributed by atoms with van der Waals surface area (Å²) in [4.78, 5) is 11.2. The van der Waals surface area contributed by atoms with E-state index in [2.05, 4.69) is 12.1 Å². The Kier molecular flexibility index (Phi) is 3.67. The summed E-state index contributed by atoms with van der Waals surface area (Å²) in [5.74, 6) is 1.47. The average Bonchev–Trinajstić information content (AvgIpc) is 2.44. The molecule has 15 heavy (non-hydrogen) atoms. The second-order valence-corrected chi connectivity index (χ2v) is 4.57. The Morgan fingerprint density at radius 2 is 2.13 bits per heavy atom. The largest absolute Gasteiger partial charge is 0.461 e. The Hall–Kier alpha value is -0.960. The molecule has 0 aromatic heterocycles. The fourth-order valence-corrected chi connectivity index (χ4v) is 2.39. The van der Waals surface area contributed by atoms with Crippen molar-refractivity contribution in [1.29, 1.82) is 0 Å². The molecule has 0 spiro atoms. The summed E-state index contributed by atoms with van der Waals surface area (Å²) < 4.78 is 5.30. The summed E-state index contributed by atoms with van der Waals surface area (Å²) in [5.41, 5.74) is 1.22. The van der Waals surface area contributed by atoms with Gasteiger partial charge in [0.1, 0.15) is 6.10 Å². The fraction of sp³-hybridized carbons (Fsp3) is 0.333. The number of ether oxygens (including phenoxy) is 1. The van der Waals surface area contributed by atoms with Crippen molar-refractivity contribution >= 4 is 17.7 Å². The molecule has 1 unspecified atom stereocenters. The van der Waals surface area contributed by atoms with E-state index >= 15 is 0 Å². The third-order valence-corrected chi connectivity index (χ3v) is 3.27. The number of benzene rings is 1. The molecule has 0 saturated carbocycles. The van der Waals surface area contributed by atoms with Crippen molar-refractivity contribution in [2.45, 2.75) is 12.5 Å². The van der Waals surface area contributed by atoms with E-state index in [1.165, 1.54) is 5.56 Å². The van der Waals surface area contributed by atoms with Gasteiger partial charge in [-0.2, -0.15) is 11.8 Å². The maximum absolute atomic E-state index is 11.2. The molecule has 0 bridgehead atoms. The quantitative estimate of drug-likeness (QED) is 0.715. The lowest BCUT2D eigenvalue weighted by Crippen LogP contribution is -2.20. The Morgan fingerprint density at radius 3 is 2.93 bits per heavy atom. The van der Waals surface area contributed by atoms with E-state index in [0.29, 0.717) is 0 Å². The van der Waals surface area contributed by atoms with Gasteiger partial charge in [0.25, 0.3) is 0 Å². The first-order chi connectivity index (χ1) is 7.34. The molecule has 1 radical (unpaired) electrons. The van der Waals surface area contributed by atoms with E-state index in [-0.39, 0.29) is 12.1 Å². The van der Waals surface area contributed by atoms with Gasteiger partial charge in [-0.15, -0.1) is 0 Å². The molecule has 1 aromatic carbocycles. The van der Waals surface area contributed by atoms with E-state index in [0.717, 1.165) is 17.9 Å². The minimum Gasteiger partial charge on any atom is -0.461 e. The Labute approximate surface area is 94.0 Å². The van der Waals surface area contributed by atoms with Gasteiger partial charge in [-0.25, -0.2) is 0 Å². The van der Waals surface area contributed by atoms with Gasteiger partial charge in [0.15, 0.2) is 0 Å². The van der Waals surface area contributed by atoms with Crippen LogP contribution in [0.4, 0.5) is 0 Å². The molecule has 1 aromatic rings. The minimum atomic E-state index is -0.180. The number of esters is 1. The smallest absolute Gasteiger partial charge is 0.311 e. The van der Waals surface area contributed by atoms with Gasteiger partial charge in [-0.3, -0.25) is 4.79 Å². The first kappa shape index (κ1) is 10.6. The van der Waals surface area contributed by atoms with Gasteiger partial charge in [0.2, 0.25) is 0 Å². The van der Waals surface area contributed by atoms with Gasteiger partial charge >= 0.3 is 5.97 Å². The standard InChI is InChI=1S/C12H13O2S/c13-12-6-7-15-9-11(14-12)8-10-4-2-1-3-5-10/h1-6,11H,7-9H2. The molecule has 3 heteroatoms. The highest BCUT2D eigenvalue weighted by molar-refractivity contribution is 7.99. The number of rotatable bonds is 2. The molecule has 79 valence electrons. The summed E-state index contributed by atoms with van der Waals surface area (Å²) in [5, 5.41) is 0. The average molecular weight is 221 g/mol. The Bertz CT molecular complexity index is 324. The van der Waals surface area contributed by atoms with Crippen LogP contribution >= 0.6 is 11.8 Å². The van der Waals surface area contributed by atoms with Gasteiger partial charge in [-0.1, -0.05) is 30.3 Å². The van der Waals surface area contributed by atoms with Crippen LogP contribution in [0.2, 0.25) is 0 Å². The lowest BCUT2D eigenvalue weighted by Gasteiger charge is -2.14. The molecule has 1 aliphatic heterocycles. The molecule has 1 saturated heterocycles. The molecule has 1 atom stereocenters. The van der Waals surface area contributed by atoms with Crippen LogP contribution in [0.25, 0.3) is 0 Å². The molecule has 2 nitrogen and oxygen atoms in total. The van der Waals surface area contributed by atoms with E-state index < -0.39 is 0 Å². The Morgan fingerprint density at radius 1 is 1.33 bits per heavy atom. The van der Waals surface area contributed by atoms with Crippen molar-refractivity contribution in [3.05, 3.63) is 42.3 Å². The summed E-state index contributed by atoms with van der Waals surface area (Å²) in [6, 6.07) is 10.1. The van der Waals surface area contributed by atoms with Crippen molar-refractivity contribution < 1.29 is 9.53 Å². The predicted octanol–water partition coefficient (Wildman–Crippen LogP) is 2.09. The molecule has 1 aliphatic rings. The summed E-state index contributed by atoms with van der Waals surface area (Å²) in [6.07, 6.45) is 2.44. The number of hydrogen-bond acceptors (Lipinski definition) is 3. The summed E-state index contributed by atoms with van der Waals surface area (Å²) >= 11 is 1.75. The SMILES string of the molecule is O=C1[CH]CSCC(Cc2ccccc2)O1. The maximum atomic E-state index is 11.2. The summed E-state index contributed by atoms with van der Waals surface area (Å²) in [6.45, 7) is 0. The van der Waals surface area contributed by atoms with Crippen molar-refractivity contribution in [3.8, 4) is 0 Å².